The molecule has 0 saturated carbocycles. The van der Waals surface area contributed by atoms with Crippen LogP contribution in [0.1, 0.15) is 12.5 Å². The van der Waals surface area contributed by atoms with Crippen LogP contribution in [0.5, 0.6) is 11.5 Å². The highest BCUT2D eigenvalue weighted by atomic mass is 79.9. The lowest BCUT2D eigenvalue weighted by Gasteiger charge is -2.12. The smallest absolute Gasteiger partial charge is 0.175 e. The predicted octanol–water partition coefficient (Wildman–Crippen LogP) is 3.28. The SMILES string of the molecule is C=C(C)COc1c(Br)cc(C#N)cc1OC. The van der Waals surface area contributed by atoms with E-state index in [-0.39, 0.29) is 0 Å². The standard InChI is InChI=1S/C12H12BrNO2/c1-8(2)7-16-12-10(13)4-9(6-14)5-11(12)15-3/h4-5H,1,7H2,2-3H3. The molecule has 0 atom stereocenters. The minimum absolute atomic E-state index is 0.418. The summed E-state index contributed by atoms with van der Waals surface area (Å²) in [5.74, 6) is 1.12. The van der Waals surface area contributed by atoms with Crippen LogP contribution in [0.4, 0.5) is 0 Å². The Labute approximate surface area is 103 Å². The molecular weight excluding hydrogens is 270 g/mol. The zero-order chi connectivity index (χ0) is 12.1. The fourth-order valence-electron chi connectivity index (χ4n) is 1.12. The number of halogens is 1. The van der Waals surface area contributed by atoms with Crippen molar-refractivity contribution in [1.82, 2.24) is 0 Å². The van der Waals surface area contributed by atoms with Gasteiger partial charge >= 0.3 is 0 Å². The van der Waals surface area contributed by atoms with E-state index in [2.05, 4.69) is 28.6 Å². The van der Waals surface area contributed by atoms with Gasteiger partial charge in [-0.25, -0.2) is 0 Å². The second-order valence-corrected chi connectivity index (χ2v) is 4.20. The summed E-state index contributed by atoms with van der Waals surface area (Å²) in [6.45, 7) is 6.05. The van der Waals surface area contributed by atoms with Gasteiger partial charge in [0.25, 0.3) is 0 Å². The van der Waals surface area contributed by atoms with E-state index < -0.39 is 0 Å². The molecule has 0 aliphatic rings. The Bertz CT molecular complexity index is 449. The van der Waals surface area contributed by atoms with Crippen LogP contribution < -0.4 is 9.47 Å². The van der Waals surface area contributed by atoms with Gasteiger partial charge in [-0.3, -0.25) is 0 Å². The molecule has 0 N–H and O–H groups in total. The van der Waals surface area contributed by atoms with Crippen molar-refractivity contribution in [1.29, 1.82) is 5.26 Å². The topological polar surface area (TPSA) is 42.2 Å². The highest BCUT2D eigenvalue weighted by Crippen LogP contribution is 2.36. The van der Waals surface area contributed by atoms with Crippen LogP contribution in [0, 0.1) is 11.3 Å². The van der Waals surface area contributed by atoms with E-state index in [9.17, 15) is 0 Å². The molecule has 0 unspecified atom stereocenters. The van der Waals surface area contributed by atoms with Crippen LogP contribution in [0.25, 0.3) is 0 Å². The third-order valence-electron chi connectivity index (χ3n) is 1.82. The second-order valence-electron chi connectivity index (χ2n) is 3.35. The number of hydrogen-bond donors (Lipinski definition) is 0. The lowest BCUT2D eigenvalue weighted by molar-refractivity contribution is 0.317. The van der Waals surface area contributed by atoms with E-state index in [1.54, 1.807) is 12.1 Å². The molecule has 0 aromatic heterocycles. The van der Waals surface area contributed by atoms with Crippen molar-refractivity contribution in [3.8, 4) is 17.6 Å². The quantitative estimate of drug-likeness (QED) is 0.796. The maximum absolute atomic E-state index is 8.81. The Balaban J connectivity index is 3.07. The Morgan fingerprint density at radius 2 is 2.25 bits per heavy atom. The van der Waals surface area contributed by atoms with Crippen molar-refractivity contribution < 1.29 is 9.47 Å². The lowest BCUT2D eigenvalue weighted by Crippen LogP contribution is -2.01. The minimum Gasteiger partial charge on any atom is -0.493 e. The Morgan fingerprint density at radius 1 is 1.56 bits per heavy atom. The molecule has 16 heavy (non-hydrogen) atoms. The normalized spacial score (nSPS) is 9.38. The molecule has 1 aromatic carbocycles. The summed E-state index contributed by atoms with van der Waals surface area (Å²) in [6.07, 6.45) is 0. The molecule has 0 radical (unpaired) electrons. The first-order chi connectivity index (χ1) is 7.58. The van der Waals surface area contributed by atoms with Gasteiger partial charge in [-0.15, -0.1) is 0 Å². The molecule has 1 aromatic rings. The molecule has 3 nitrogen and oxygen atoms in total. The largest absolute Gasteiger partial charge is 0.493 e. The molecule has 0 saturated heterocycles. The van der Waals surface area contributed by atoms with Gasteiger partial charge in [0, 0.05) is 6.07 Å². The molecule has 84 valence electrons. The maximum atomic E-state index is 8.81. The van der Waals surface area contributed by atoms with Gasteiger partial charge in [0.1, 0.15) is 6.61 Å². The summed E-state index contributed by atoms with van der Waals surface area (Å²) < 4.78 is 11.4. The van der Waals surface area contributed by atoms with Crippen molar-refractivity contribution in [2.45, 2.75) is 6.92 Å². The van der Waals surface area contributed by atoms with Gasteiger partial charge in [0.2, 0.25) is 0 Å². The van der Waals surface area contributed by atoms with Gasteiger partial charge in [-0.1, -0.05) is 6.58 Å². The van der Waals surface area contributed by atoms with Gasteiger partial charge in [0.15, 0.2) is 11.5 Å². The molecule has 0 amide bonds. The van der Waals surface area contributed by atoms with Gasteiger partial charge < -0.3 is 9.47 Å². The zero-order valence-corrected chi connectivity index (χ0v) is 10.8. The molecule has 0 heterocycles. The van der Waals surface area contributed by atoms with E-state index in [0.29, 0.717) is 28.1 Å². The lowest BCUT2D eigenvalue weighted by atomic mass is 10.2. The van der Waals surface area contributed by atoms with E-state index in [0.717, 1.165) is 5.57 Å². The van der Waals surface area contributed by atoms with Crippen LogP contribution in [-0.2, 0) is 0 Å². The van der Waals surface area contributed by atoms with Crippen LogP contribution in [0.2, 0.25) is 0 Å². The summed E-state index contributed by atoms with van der Waals surface area (Å²) >= 11 is 3.34. The van der Waals surface area contributed by atoms with Crippen molar-refractivity contribution in [2.75, 3.05) is 13.7 Å². The first-order valence-electron chi connectivity index (χ1n) is 4.63. The Kier molecular flexibility index (Phi) is 4.39. The number of ether oxygens (including phenoxy) is 2. The van der Waals surface area contributed by atoms with Crippen LogP contribution in [0.15, 0.2) is 28.8 Å². The molecule has 0 aliphatic carbocycles. The zero-order valence-electron chi connectivity index (χ0n) is 9.21. The van der Waals surface area contributed by atoms with Crippen LogP contribution in [-0.4, -0.2) is 13.7 Å². The van der Waals surface area contributed by atoms with Crippen molar-refractivity contribution in [2.24, 2.45) is 0 Å². The number of rotatable bonds is 4. The van der Waals surface area contributed by atoms with Crippen molar-refractivity contribution >= 4 is 15.9 Å². The second kappa shape index (κ2) is 5.57. The molecule has 0 fully saturated rings. The third kappa shape index (κ3) is 3.01. The molecule has 4 heteroatoms. The number of nitriles is 1. The fourth-order valence-corrected chi connectivity index (χ4v) is 1.68. The number of benzene rings is 1. The molecule has 1 rings (SSSR count). The molecular formula is C12H12BrNO2. The fraction of sp³-hybridized carbons (Fsp3) is 0.250. The van der Waals surface area contributed by atoms with Gasteiger partial charge in [-0.05, 0) is 34.5 Å². The monoisotopic (exact) mass is 281 g/mol. The highest BCUT2D eigenvalue weighted by Gasteiger charge is 2.11. The Morgan fingerprint density at radius 3 is 2.75 bits per heavy atom. The van der Waals surface area contributed by atoms with Crippen LogP contribution >= 0.6 is 15.9 Å². The van der Waals surface area contributed by atoms with Crippen molar-refractivity contribution in [3.05, 3.63) is 34.3 Å². The molecule has 0 aliphatic heterocycles. The first-order valence-corrected chi connectivity index (χ1v) is 5.42. The summed E-state index contributed by atoms with van der Waals surface area (Å²) in [5.41, 5.74) is 1.43. The average molecular weight is 282 g/mol. The summed E-state index contributed by atoms with van der Waals surface area (Å²) in [4.78, 5) is 0. The summed E-state index contributed by atoms with van der Waals surface area (Å²) in [7, 11) is 1.54. The minimum atomic E-state index is 0.418. The van der Waals surface area contributed by atoms with Gasteiger partial charge in [0.05, 0.1) is 23.2 Å². The summed E-state index contributed by atoms with van der Waals surface area (Å²) in [6, 6.07) is 5.38. The average Bonchev–Trinajstić information content (AvgIpc) is 2.26. The number of methoxy groups -OCH3 is 1. The first kappa shape index (κ1) is 12.6. The maximum Gasteiger partial charge on any atom is 0.175 e. The van der Waals surface area contributed by atoms with E-state index in [1.165, 1.54) is 7.11 Å². The summed E-state index contributed by atoms with van der Waals surface area (Å²) in [5, 5.41) is 8.81. The van der Waals surface area contributed by atoms with E-state index >= 15 is 0 Å². The Hall–Kier alpha value is -1.47. The van der Waals surface area contributed by atoms with E-state index in [4.69, 9.17) is 14.7 Å². The molecule has 0 spiro atoms. The number of nitrogens with zero attached hydrogens (tertiary/aromatic N) is 1. The molecule has 0 bridgehead atoms. The predicted molar refractivity (Wildman–Crippen MR) is 65.7 cm³/mol. The third-order valence-corrected chi connectivity index (χ3v) is 2.41. The van der Waals surface area contributed by atoms with E-state index in [1.807, 2.05) is 6.92 Å². The van der Waals surface area contributed by atoms with Crippen LogP contribution in [0.3, 0.4) is 0 Å². The van der Waals surface area contributed by atoms with Gasteiger partial charge in [-0.2, -0.15) is 5.26 Å². The highest BCUT2D eigenvalue weighted by molar-refractivity contribution is 9.10. The van der Waals surface area contributed by atoms with Crippen molar-refractivity contribution in [3.63, 3.8) is 0 Å². The number of hydrogen-bond acceptors (Lipinski definition) is 3.